The van der Waals surface area contributed by atoms with Crippen LogP contribution in [0.3, 0.4) is 0 Å². The molecule has 1 N–H and O–H groups in total. The maximum Gasteiger partial charge on any atom is 0.338 e. The molecule has 0 bridgehead atoms. The van der Waals surface area contributed by atoms with E-state index in [0.717, 1.165) is 38.2 Å². The van der Waals surface area contributed by atoms with Crippen molar-refractivity contribution in [2.45, 2.75) is 38.8 Å². The van der Waals surface area contributed by atoms with Crippen molar-refractivity contribution in [2.24, 2.45) is 0 Å². The van der Waals surface area contributed by atoms with Gasteiger partial charge in [-0.1, -0.05) is 25.1 Å². The average Bonchev–Trinajstić information content (AvgIpc) is 2.55. The number of halogens is 1. The van der Waals surface area contributed by atoms with Gasteiger partial charge in [-0.2, -0.15) is 0 Å². The summed E-state index contributed by atoms with van der Waals surface area (Å²) in [6.45, 7) is 6.28. The highest BCUT2D eigenvalue weighted by atomic mass is 35.5. The largest absolute Gasteiger partial charge is 0.465 e. The van der Waals surface area contributed by atoms with E-state index < -0.39 is 0 Å². The molecule has 22 heavy (non-hydrogen) atoms. The Morgan fingerprint density at radius 2 is 2.00 bits per heavy atom. The number of rotatable bonds is 6. The summed E-state index contributed by atoms with van der Waals surface area (Å²) < 4.78 is 4.90. The number of nitrogens with one attached hydrogen (secondary N) is 1. The van der Waals surface area contributed by atoms with Crippen molar-refractivity contribution in [3.8, 4) is 0 Å². The lowest BCUT2D eigenvalue weighted by atomic mass is 10.0. The molecule has 2 rings (SSSR count). The number of esters is 1. The zero-order chi connectivity index (χ0) is 15.1. The molecule has 1 fully saturated rings. The van der Waals surface area contributed by atoms with E-state index in [9.17, 15) is 4.79 Å². The van der Waals surface area contributed by atoms with E-state index in [-0.39, 0.29) is 18.4 Å². The Morgan fingerprint density at radius 1 is 1.32 bits per heavy atom. The number of carbonyl (C=O) groups is 1. The Hall–Kier alpha value is -1.10. The smallest absolute Gasteiger partial charge is 0.338 e. The molecule has 1 aliphatic heterocycles. The number of methoxy groups -OCH3 is 1. The van der Waals surface area contributed by atoms with Crippen LogP contribution < -0.4 is 5.32 Å². The zero-order valence-corrected chi connectivity index (χ0v) is 14.3. The highest BCUT2D eigenvalue weighted by Crippen LogP contribution is 2.19. The molecule has 124 valence electrons. The van der Waals surface area contributed by atoms with Gasteiger partial charge in [0, 0.05) is 12.6 Å². The number of hydrogen-bond donors (Lipinski definition) is 1. The van der Waals surface area contributed by atoms with Crippen LogP contribution >= 0.6 is 12.4 Å². The van der Waals surface area contributed by atoms with E-state index in [4.69, 9.17) is 4.74 Å². The summed E-state index contributed by atoms with van der Waals surface area (Å²) in [5.41, 5.74) is 1.76. The van der Waals surface area contributed by atoms with E-state index in [1.807, 2.05) is 24.3 Å². The van der Waals surface area contributed by atoms with Crippen molar-refractivity contribution in [1.29, 1.82) is 0 Å². The molecule has 1 aromatic carbocycles. The van der Waals surface area contributed by atoms with Gasteiger partial charge in [0.25, 0.3) is 0 Å². The summed E-state index contributed by atoms with van der Waals surface area (Å²) in [6.07, 6.45) is 3.49. The third-order valence-electron chi connectivity index (χ3n) is 4.13. The first-order valence-corrected chi connectivity index (χ1v) is 7.87. The molecule has 0 saturated carbocycles. The Balaban J connectivity index is 0.00000242. The number of carbonyl (C=O) groups excluding carboxylic acids is 1. The van der Waals surface area contributed by atoms with Crippen LogP contribution in [0.25, 0.3) is 0 Å². The lowest BCUT2D eigenvalue weighted by Crippen LogP contribution is -2.43. The van der Waals surface area contributed by atoms with Crippen LogP contribution in [0.4, 0.5) is 0 Å². The van der Waals surface area contributed by atoms with E-state index in [0.29, 0.717) is 11.6 Å². The second-order valence-electron chi connectivity index (χ2n) is 5.60. The minimum absolute atomic E-state index is 0. The standard InChI is InChI=1S/C17H26N2O2.ClH/c1-3-12-19(15-8-10-18-11-9-15)13-14-6-4-5-7-16(14)17(20)21-2;/h4-7,15,18H,3,8-13H2,1-2H3;1H. The van der Waals surface area contributed by atoms with E-state index in [2.05, 4.69) is 17.1 Å². The number of piperidine rings is 1. The van der Waals surface area contributed by atoms with Crippen LogP contribution in [0, 0.1) is 0 Å². The number of benzene rings is 1. The lowest BCUT2D eigenvalue weighted by Gasteiger charge is -2.34. The molecule has 0 atom stereocenters. The van der Waals surface area contributed by atoms with E-state index in [1.165, 1.54) is 20.0 Å². The van der Waals surface area contributed by atoms with Crippen LogP contribution in [-0.2, 0) is 11.3 Å². The number of nitrogens with zero attached hydrogens (tertiary/aromatic N) is 1. The molecule has 1 aliphatic rings. The molecule has 5 heteroatoms. The topological polar surface area (TPSA) is 41.6 Å². The van der Waals surface area contributed by atoms with Crippen LogP contribution in [0.1, 0.15) is 42.1 Å². The average molecular weight is 327 g/mol. The Bertz CT molecular complexity index is 462. The lowest BCUT2D eigenvalue weighted by molar-refractivity contribution is 0.0597. The van der Waals surface area contributed by atoms with Gasteiger partial charge in [-0.15, -0.1) is 12.4 Å². The van der Waals surface area contributed by atoms with E-state index >= 15 is 0 Å². The van der Waals surface area contributed by atoms with E-state index in [1.54, 1.807) is 0 Å². The van der Waals surface area contributed by atoms with Gasteiger partial charge in [-0.05, 0) is 50.5 Å². The SMILES string of the molecule is CCCN(Cc1ccccc1C(=O)OC)C1CCNCC1.Cl. The Kier molecular flexibility index (Phi) is 8.46. The Labute approximate surface area is 139 Å². The molecule has 1 heterocycles. The molecular weight excluding hydrogens is 300 g/mol. The fourth-order valence-electron chi connectivity index (χ4n) is 3.04. The summed E-state index contributed by atoms with van der Waals surface area (Å²) >= 11 is 0. The zero-order valence-electron chi connectivity index (χ0n) is 13.5. The van der Waals surface area contributed by atoms with Crippen molar-refractivity contribution in [3.63, 3.8) is 0 Å². The van der Waals surface area contributed by atoms with Gasteiger partial charge in [0.1, 0.15) is 0 Å². The van der Waals surface area contributed by atoms with Crippen LogP contribution in [-0.4, -0.2) is 43.7 Å². The minimum Gasteiger partial charge on any atom is -0.465 e. The third kappa shape index (κ3) is 4.97. The van der Waals surface area contributed by atoms with Gasteiger partial charge in [0.15, 0.2) is 0 Å². The fourth-order valence-corrected chi connectivity index (χ4v) is 3.04. The fraction of sp³-hybridized carbons (Fsp3) is 0.588. The monoisotopic (exact) mass is 326 g/mol. The van der Waals surface area contributed by atoms with Gasteiger partial charge in [0.05, 0.1) is 12.7 Å². The van der Waals surface area contributed by atoms with Crippen LogP contribution in [0.2, 0.25) is 0 Å². The molecular formula is C17H27ClN2O2. The quantitative estimate of drug-likeness (QED) is 0.816. The van der Waals surface area contributed by atoms with Gasteiger partial charge >= 0.3 is 5.97 Å². The normalized spacial score (nSPS) is 15.4. The number of hydrogen-bond acceptors (Lipinski definition) is 4. The molecule has 1 saturated heterocycles. The third-order valence-corrected chi connectivity index (χ3v) is 4.13. The van der Waals surface area contributed by atoms with Crippen molar-refractivity contribution >= 4 is 18.4 Å². The number of ether oxygens (including phenoxy) is 1. The minimum atomic E-state index is -0.243. The second kappa shape index (κ2) is 9.82. The van der Waals surface area contributed by atoms with Gasteiger partial charge < -0.3 is 10.1 Å². The summed E-state index contributed by atoms with van der Waals surface area (Å²) in [4.78, 5) is 14.4. The first-order valence-electron chi connectivity index (χ1n) is 7.87. The summed E-state index contributed by atoms with van der Waals surface area (Å²) in [7, 11) is 1.44. The maximum atomic E-state index is 11.9. The maximum absolute atomic E-state index is 11.9. The van der Waals surface area contributed by atoms with Crippen molar-refractivity contribution in [1.82, 2.24) is 10.2 Å². The molecule has 0 amide bonds. The molecule has 0 radical (unpaired) electrons. The second-order valence-corrected chi connectivity index (χ2v) is 5.60. The molecule has 0 spiro atoms. The molecule has 0 aromatic heterocycles. The van der Waals surface area contributed by atoms with Crippen LogP contribution in [0.5, 0.6) is 0 Å². The van der Waals surface area contributed by atoms with Crippen molar-refractivity contribution in [3.05, 3.63) is 35.4 Å². The first kappa shape index (κ1) is 18.9. The Morgan fingerprint density at radius 3 is 2.64 bits per heavy atom. The van der Waals surface area contributed by atoms with Crippen molar-refractivity contribution < 1.29 is 9.53 Å². The predicted octanol–water partition coefficient (Wildman–Crippen LogP) is 2.86. The molecule has 0 aliphatic carbocycles. The van der Waals surface area contributed by atoms with Gasteiger partial charge in [-0.25, -0.2) is 4.79 Å². The molecule has 4 nitrogen and oxygen atoms in total. The predicted molar refractivity (Wildman–Crippen MR) is 91.6 cm³/mol. The summed E-state index contributed by atoms with van der Waals surface area (Å²) in [5.74, 6) is -0.243. The highest BCUT2D eigenvalue weighted by Gasteiger charge is 2.22. The van der Waals surface area contributed by atoms with Crippen molar-refractivity contribution in [2.75, 3.05) is 26.7 Å². The first-order chi connectivity index (χ1) is 10.3. The summed E-state index contributed by atoms with van der Waals surface area (Å²) in [6, 6.07) is 8.39. The molecule has 0 unspecified atom stereocenters. The summed E-state index contributed by atoms with van der Waals surface area (Å²) in [5, 5.41) is 3.41. The van der Waals surface area contributed by atoms with Gasteiger partial charge in [-0.3, -0.25) is 4.90 Å². The highest BCUT2D eigenvalue weighted by molar-refractivity contribution is 5.90. The van der Waals surface area contributed by atoms with Crippen LogP contribution in [0.15, 0.2) is 24.3 Å². The molecule has 1 aromatic rings. The van der Waals surface area contributed by atoms with Gasteiger partial charge in [0.2, 0.25) is 0 Å².